The van der Waals surface area contributed by atoms with Gasteiger partial charge in [0.05, 0.1) is 17.2 Å². The molecular weight excluding hydrogens is 435 g/mol. The molecule has 2 saturated heterocycles. The molecule has 1 amide bonds. The number of aliphatic hydroxyl groups is 1. The van der Waals surface area contributed by atoms with E-state index in [1.54, 1.807) is 27.9 Å². The van der Waals surface area contributed by atoms with Gasteiger partial charge >= 0.3 is 6.18 Å². The van der Waals surface area contributed by atoms with Crippen LogP contribution in [0.3, 0.4) is 0 Å². The van der Waals surface area contributed by atoms with E-state index in [2.05, 4.69) is 5.10 Å². The van der Waals surface area contributed by atoms with Crippen molar-refractivity contribution in [2.75, 3.05) is 37.7 Å². The van der Waals surface area contributed by atoms with Crippen LogP contribution in [0.25, 0.3) is 0 Å². The Morgan fingerprint density at radius 2 is 2.03 bits per heavy atom. The summed E-state index contributed by atoms with van der Waals surface area (Å²) in [7, 11) is 0. The quantitative estimate of drug-likeness (QED) is 0.756. The van der Waals surface area contributed by atoms with Gasteiger partial charge in [-0.15, -0.1) is 0 Å². The number of hydrogen-bond donors (Lipinski definition) is 1. The molecule has 0 aliphatic carbocycles. The Morgan fingerprint density at radius 3 is 2.64 bits per heavy atom. The normalized spacial score (nSPS) is 20.3. The van der Waals surface area contributed by atoms with Gasteiger partial charge in [-0.3, -0.25) is 9.48 Å². The summed E-state index contributed by atoms with van der Waals surface area (Å²) in [4.78, 5) is 16.6. The number of nitriles is 1. The molecule has 1 unspecified atom stereocenters. The average Bonchev–Trinajstić information content (AvgIpc) is 3.43. The minimum absolute atomic E-state index is 0.0739. The number of carbonyl (C=O) groups is 1. The highest BCUT2D eigenvalue weighted by molar-refractivity contribution is 5.92. The van der Waals surface area contributed by atoms with Gasteiger partial charge in [0, 0.05) is 57.1 Å². The maximum atomic E-state index is 13.4. The number of aromatic nitrogens is 2. The van der Waals surface area contributed by atoms with Crippen LogP contribution < -0.4 is 4.90 Å². The summed E-state index contributed by atoms with van der Waals surface area (Å²) in [5.74, 6) is -0.192. The highest BCUT2D eigenvalue weighted by atomic mass is 19.4. The highest BCUT2D eigenvalue weighted by Crippen LogP contribution is 2.46. The molecule has 10 heteroatoms. The van der Waals surface area contributed by atoms with Crippen LogP contribution in [0.15, 0.2) is 30.5 Å². The van der Waals surface area contributed by atoms with Gasteiger partial charge in [-0.05, 0) is 49.4 Å². The maximum absolute atomic E-state index is 13.4. The van der Waals surface area contributed by atoms with Crippen molar-refractivity contribution in [1.29, 1.82) is 5.26 Å². The highest BCUT2D eigenvalue weighted by Gasteiger charge is 2.48. The van der Waals surface area contributed by atoms with Crippen LogP contribution in [-0.4, -0.2) is 58.5 Å². The molecule has 1 atom stereocenters. The van der Waals surface area contributed by atoms with Crippen molar-refractivity contribution in [1.82, 2.24) is 14.7 Å². The first-order valence-electron chi connectivity index (χ1n) is 11.0. The van der Waals surface area contributed by atoms with Crippen LogP contribution in [-0.2, 0) is 12.7 Å². The number of amides is 1. The molecule has 0 radical (unpaired) electrons. The zero-order valence-electron chi connectivity index (χ0n) is 18.3. The van der Waals surface area contributed by atoms with Crippen LogP contribution in [0.5, 0.6) is 0 Å². The molecule has 0 bridgehead atoms. The topological polar surface area (TPSA) is 85.4 Å². The SMILES string of the molecule is CCn1nccc1C(=O)N1CCC2(CC1)CN(c1ccc(C#N)c(C(F)(F)F)c1)CC2CO. The van der Waals surface area contributed by atoms with Gasteiger partial charge < -0.3 is 14.9 Å². The zero-order valence-corrected chi connectivity index (χ0v) is 18.3. The van der Waals surface area contributed by atoms with Crippen LogP contribution in [0.1, 0.15) is 41.4 Å². The second-order valence-corrected chi connectivity index (χ2v) is 8.79. The van der Waals surface area contributed by atoms with Crippen molar-refractivity contribution >= 4 is 11.6 Å². The first-order chi connectivity index (χ1) is 15.7. The molecule has 2 fully saturated rings. The van der Waals surface area contributed by atoms with E-state index in [-0.39, 0.29) is 23.8 Å². The Labute approximate surface area is 190 Å². The number of anilines is 1. The van der Waals surface area contributed by atoms with Crippen molar-refractivity contribution in [2.24, 2.45) is 11.3 Å². The van der Waals surface area contributed by atoms with Gasteiger partial charge in [-0.25, -0.2) is 0 Å². The van der Waals surface area contributed by atoms with Crippen LogP contribution >= 0.6 is 0 Å². The third-order valence-electron chi connectivity index (χ3n) is 7.11. The molecule has 2 aliphatic heterocycles. The summed E-state index contributed by atoms with van der Waals surface area (Å²) in [5, 5.41) is 23.3. The van der Waals surface area contributed by atoms with Crippen LogP contribution in [0, 0.1) is 22.7 Å². The van der Waals surface area contributed by atoms with E-state index < -0.39 is 17.3 Å². The first-order valence-corrected chi connectivity index (χ1v) is 11.0. The van der Waals surface area contributed by atoms with E-state index in [9.17, 15) is 23.1 Å². The molecule has 2 aromatic rings. The standard InChI is InChI=1S/C23H26F3N5O2/c1-2-31-20(5-8-28-31)21(33)29-9-6-22(7-10-29)15-30(13-17(22)14-32)18-4-3-16(12-27)19(11-18)23(24,25)26/h3-5,8,11,17,32H,2,6-7,9-10,13-15H2,1H3. The van der Waals surface area contributed by atoms with Gasteiger partial charge in [-0.1, -0.05) is 0 Å². The number of nitrogens with zero attached hydrogens (tertiary/aromatic N) is 5. The lowest BCUT2D eigenvalue weighted by molar-refractivity contribution is -0.137. The second kappa shape index (κ2) is 8.71. The van der Waals surface area contributed by atoms with E-state index in [0.29, 0.717) is 56.9 Å². The molecule has 33 heavy (non-hydrogen) atoms. The Hall–Kier alpha value is -3.06. The molecular formula is C23H26F3N5O2. The largest absolute Gasteiger partial charge is 0.417 e. The van der Waals surface area contributed by atoms with Gasteiger partial charge in [-0.2, -0.15) is 23.5 Å². The molecule has 1 aromatic carbocycles. The van der Waals surface area contributed by atoms with Crippen molar-refractivity contribution in [3.05, 3.63) is 47.3 Å². The Morgan fingerprint density at radius 1 is 1.30 bits per heavy atom. The Balaban J connectivity index is 1.52. The monoisotopic (exact) mass is 461 g/mol. The lowest BCUT2D eigenvalue weighted by Gasteiger charge is -2.42. The van der Waals surface area contributed by atoms with Crippen LogP contribution in [0.2, 0.25) is 0 Å². The van der Waals surface area contributed by atoms with E-state index in [0.717, 1.165) is 6.07 Å². The summed E-state index contributed by atoms with van der Waals surface area (Å²) >= 11 is 0. The predicted molar refractivity (Wildman–Crippen MR) is 114 cm³/mol. The third-order valence-corrected chi connectivity index (χ3v) is 7.11. The number of halogens is 3. The molecule has 2 aliphatic rings. The summed E-state index contributed by atoms with van der Waals surface area (Å²) in [6, 6.07) is 7.07. The molecule has 0 saturated carbocycles. The van der Waals surface area contributed by atoms with E-state index >= 15 is 0 Å². The van der Waals surface area contributed by atoms with Crippen molar-refractivity contribution < 1.29 is 23.1 Å². The number of aryl methyl sites for hydroxylation is 1. The fourth-order valence-corrected chi connectivity index (χ4v) is 5.19. The minimum Gasteiger partial charge on any atom is -0.396 e. The number of benzene rings is 1. The Kier molecular flexibility index (Phi) is 6.10. The zero-order chi connectivity index (χ0) is 23.8. The molecule has 176 valence electrons. The number of piperidine rings is 1. The Bertz CT molecular complexity index is 1070. The molecule has 3 heterocycles. The lowest BCUT2D eigenvalue weighted by atomic mass is 9.71. The predicted octanol–water partition coefficient (Wildman–Crippen LogP) is 3.14. The fraction of sp³-hybridized carbons (Fsp3) is 0.522. The van der Waals surface area contributed by atoms with Crippen molar-refractivity contribution in [2.45, 2.75) is 32.5 Å². The first kappa shape index (κ1) is 23.1. The second-order valence-electron chi connectivity index (χ2n) is 8.79. The summed E-state index contributed by atoms with van der Waals surface area (Å²) in [6.07, 6.45) is -1.70. The van der Waals surface area contributed by atoms with Crippen molar-refractivity contribution in [3.8, 4) is 6.07 Å². The smallest absolute Gasteiger partial charge is 0.396 e. The van der Waals surface area contributed by atoms with E-state index in [1.807, 2.05) is 11.8 Å². The molecule has 1 aromatic heterocycles. The van der Waals surface area contributed by atoms with E-state index in [1.165, 1.54) is 12.1 Å². The summed E-state index contributed by atoms with van der Waals surface area (Å²) < 4.78 is 41.9. The molecule has 1 N–H and O–H groups in total. The van der Waals surface area contributed by atoms with E-state index in [4.69, 9.17) is 5.26 Å². The number of hydrogen-bond acceptors (Lipinski definition) is 5. The minimum atomic E-state index is -4.62. The summed E-state index contributed by atoms with van der Waals surface area (Å²) in [5.41, 5.74) is -0.712. The number of aliphatic hydroxyl groups excluding tert-OH is 1. The van der Waals surface area contributed by atoms with Gasteiger partial charge in [0.2, 0.25) is 0 Å². The lowest BCUT2D eigenvalue weighted by Crippen LogP contribution is -2.47. The van der Waals surface area contributed by atoms with Crippen molar-refractivity contribution in [3.63, 3.8) is 0 Å². The summed E-state index contributed by atoms with van der Waals surface area (Å²) in [6.45, 7) is 4.39. The number of likely N-dealkylation sites (tertiary alicyclic amines) is 1. The molecule has 1 spiro atoms. The average molecular weight is 461 g/mol. The third kappa shape index (κ3) is 4.17. The fourth-order valence-electron chi connectivity index (χ4n) is 5.19. The molecule has 7 nitrogen and oxygen atoms in total. The number of alkyl halides is 3. The number of carbonyl (C=O) groups excluding carboxylic acids is 1. The van der Waals surface area contributed by atoms with Gasteiger partial charge in [0.15, 0.2) is 0 Å². The molecule has 4 rings (SSSR count). The maximum Gasteiger partial charge on any atom is 0.417 e. The number of rotatable bonds is 4. The van der Waals surface area contributed by atoms with Crippen LogP contribution in [0.4, 0.5) is 18.9 Å². The van der Waals surface area contributed by atoms with Gasteiger partial charge in [0.1, 0.15) is 5.69 Å². The van der Waals surface area contributed by atoms with Gasteiger partial charge in [0.25, 0.3) is 5.91 Å².